The maximum Gasteiger partial charge on any atom is 0.231 e. The van der Waals surface area contributed by atoms with E-state index < -0.39 is 0 Å². The van der Waals surface area contributed by atoms with E-state index in [4.69, 9.17) is 9.47 Å². The lowest BCUT2D eigenvalue weighted by atomic mass is 10.1. The monoisotopic (exact) mass is 332 g/mol. The highest BCUT2D eigenvalue weighted by molar-refractivity contribution is 5.90. The first kappa shape index (κ1) is 13.7. The number of anilines is 2. The van der Waals surface area contributed by atoms with Crippen LogP contribution in [0.25, 0.3) is 16.6 Å². The van der Waals surface area contributed by atoms with Crippen molar-refractivity contribution in [1.29, 1.82) is 0 Å². The molecule has 122 valence electrons. The van der Waals surface area contributed by atoms with E-state index >= 15 is 0 Å². The summed E-state index contributed by atoms with van der Waals surface area (Å²) in [5.41, 5.74) is 3.54. The van der Waals surface area contributed by atoms with Crippen molar-refractivity contribution < 1.29 is 9.47 Å². The fraction of sp³-hybridized carbons (Fsp3) is 0.0588. The smallest absolute Gasteiger partial charge is 0.231 e. The molecule has 1 aromatic carbocycles. The normalized spacial score (nSPS) is 12.5. The molecule has 0 bridgehead atoms. The lowest BCUT2D eigenvalue weighted by Crippen LogP contribution is -1.98. The Morgan fingerprint density at radius 2 is 1.84 bits per heavy atom. The second kappa shape index (κ2) is 5.45. The summed E-state index contributed by atoms with van der Waals surface area (Å²) in [7, 11) is 0. The lowest BCUT2D eigenvalue weighted by molar-refractivity contribution is 0.174. The zero-order valence-corrected chi connectivity index (χ0v) is 13.0. The molecule has 0 saturated heterocycles. The number of rotatable bonds is 3. The molecule has 1 N–H and O–H groups in total. The number of nitrogens with zero attached hydrogens (tertiary/aromatic N) is 5. The topological polar surface area (TPSA) is 86.5 Å². The van der Waals surface area contributed by atoms with E-state index in [1.807, 2.05) is 24.3 Å². The maximum absolute atomic E-state index is 5.48. The molecule has 8 heteroatoms. The van der Waals surface area contributed by atoms with E-state index in [1.165, 1.54) is 0 Å². The van der Waals surface area contributed by atoms with E-state index in [9.17, 15) is 0 Å². The zero-order chi connectivity index (χ0) is 16.6. The summed E-state index contributed by atoms with van der Waals surface area (Å²) in [6.07, 6.45) is 6.77. The van der Waals surface area contributed by atoms with Crippen LogP contribution in [0.5, 0.6) is 11.5 Å². The van der Waals surface area contributed by atoms with Gasteiger partial charge in [-0.3, -0.25) is 0 Å². The first-order valence-electron chi connectivity index (χ1n) is 7.65. The summed E-state index contributed by atoms with van der Waals surface area (Å²) in [6.45, 7) is 0.245. The van der Waals surface area contributed by atoms with Crippen LogP contribution in [-0.4, -0.2) is 31.6 Å². The van der Waals surface area contributed by atoms with Gasteiger partial charge in [0.15, 0.2) is 11.5 Å². The third kappa shape index (κ3) is 2.31. The predicted octanol–water partition coefficient (Wildman–Crippen LogP) is 2.66. The summed E-state index contributed by atoms with van der Waals surface area (Å²) in [4.78, 5) is 8.39. The second-order valence-electron chi connectivity index (χ2n) is 5.41. The Bertz CT molecular complexity index is 1060. The van der Waals surface area contributed by atoms with Crippen LogP contribution in [0.1, 0.15) is 0 Å². The Labute approximate surface area is 142 Å². The molecule has 0 atom stereocenters. The van der Waals surface area contributed by atoms with Gasteiger partial charge in [-0.2, -0.15) is 10.2 Å². The van der Waals surface area contributed by atoms with E-state index in [2.05, 4.69) is 25.5 Å². The minimum Gasteiger partial charge on any atom is -0.454 e. The Balaban J connectivity index is 1.64. The number of aromatic nitrogens is 5. The van der Waals surface area contributed by atoms with Gasteiger partial charge >= 0.3 is 0 Å². The van der Waals surface area contributed by atoms with Crippen LogP contribution < -0.4 is 14.8 Å². The summed E-state index contributed by atoms with van der Waals surface area (Å²) < 4.78 is 12.4. The van der Waals surface area contributed by atoms with Crippen molar-refractivity contribution in [2.75, 3.05) is 12.1 Å². The van der Waals surface area contributed by atoms with Gasteiger partial charge in [0.2, 0.25) is 12.7 Å². The van der Waals surface area contributed by atoms with Crippen molar-refractivity contribution in [2.24, 2.45) is 0 Å². The third-order valence-electron chi connectivity index (χ3n) is 3.92. The zero-order valence-electron chi connectivity index (χ0n) is 13.0. The molecule has 3 aromatic heterocycles. The largest absolute Gasteiger partial charge is 0.454 e. The Kier molecular flexibility index (Phi) is 2.99. The van der Waals surface area contributed by atoms with Gasteiger partial charge in [0, 0.05) is 18.0 Å². The molecule has 0 amide bonds. The molecule has 8 nitrogen and oxygen atoms in total. The molecule has 0 unspecified atom stereocenters. The summed E-state index contributed by atoms with van der Waals surface area (Å²) >= 11 is 0. The molecule has 4 aromatic rings. The van der Waals surface area contributed by atoms with Gasteiger partial charge in [0.1, 0.15) is 5.52 Å². The van der Waals surface area contributed by atoms with Gasteiger partial charge in [0.25, 0.3) is 0 Å². The molecule has 0 aliphatic carbocycles. The van der Waals surface area contributed by atoms with Crippen LogP contribution in [0.2, 0.25) is 0 Å². The SMILES string of the molecule is c1cnc(Nc2cnn3nccc(-c4ccc5c(c4)OCO5)c23)nc1. The van der Waals surface area contributed by atoms with Gasteiger partial charge in [-0.15, -0.1) is 4.63 Å². The second-order valence-corrected chi connectivity index (χ2v) is 5.41. The van der Waals surface area contributed by atoms with Crippen LogP contribution >= 0.6 is 0 Å². The number of ether oxygens (including phenoxy) is 2. The molecule has 1 aliphatic rings. The van der Waals surface area contributed by atoms with Gasteiger partial charge in [-0.25, -0.2) is 9.97 Å². The van der Waals surface area contributed by atoms with Gasteiger partial charge in [-0.05, 0) is 29.8 Å². The van der Waals surface area contributed by atoms with Crippen LogP contribution in [0.15, 0.2) is 55.1 Å². The summed E-state index contributed by atoms with van der Waals surface area (Å²) in [5, 5.41) is 11.8. The average Bonchev–Trinajstić information content (AvgIpc) is 3.29. The van der Waals surface area contributed by atoms with Crippen LogP contribution in [0.4, 0.5) is 11.6 Å². The van der Waals surface area contributed by atoms with Crippen molar-refractivity contribution >= 4 is 17.2 Å². The van der Waals surface area contributed by atoms with Crippen LogP contribution in [0, 0.1) is 0 Å². The Morgan fingerprint density at radius 3 is 2.76 bits per heavy atom. The minimum absolute atomic E-state index is 0.245. The fourth-order valence-corrected chi connectivity index (χ4v) is 2.80. The first-order valence-corrected chi connectivity index (χ1v) is 7.65. The molecule has 0 saturated carbocycles. The molecular weight excluding hydrogens is 320 g/mol. The Morgan fingerprint density at radius 1 is 0.960 bits per heavy atom. The van der Waals surface area contributed by atoms with E-state index in [-0.39, 0.29) is 6.79 Å². The molecule has 0 radical (unpaired) electrons. The Hall–Kier alpha value is -3.68. The first-order chi connectivity index (χ1) is 12.4. The number of fused-ring (bicyclic) bond motifs is 2. The standard InChI is InChI=1S/C17H12N6O2/c1-5-18-17(19-6-1)22-13-9-21-23-16(13)12(4-7-20-23)11-2-3-14-15(8-11)25-10-24-14/h1-9H,10H2,(H,18,19,22). The van der Waals surface area contributed by atoms with Gasteiger partial charge in [0.05, 0.1) is 18.1 Å². The van der Waals surface area contributed by atoms with Gasteiger partial charge in [-0.1, -0.05) is 6.07 Å². The highest BCUT2D eigenvalue weighted by Crippen LogP contribution is 2.38. The molecule has 1 aliphatic heterocycles. The molecule has 5 rings (SSSR count). The van der Waals surface area contributed by atoms with Crippen molar-refractivity contribution in [3.63, 3.8) is 0 Å². The minimum atomic E-state index is 0.245. The third-order valence-corrected chi connectivity index (χ3v) is 3.92. The van der Waals surface area contributed by atoms with E-state index in [0.29, 0.717) is 5.95 Å². The molecule has 0 spiro atoms. The van der Waals surface area contributed by atoms with Crippen LogP contribution in [-0.2, 0) is 0 Å². The van der Waals surface area contributed by atoms with Crippen LogP contribution in [0.3, 0.4) is 0 Å². The fourth-order valence-electron chi connectivity index (χ4n) is 2.80. The maximum atomic E-state index is 5.48. The van der Waals surface area contributed by atoms with Crippen molar-refractivity contribution in [3.8, 4) is 22.6 Å². The number of hydrogen-bond donors (Lipinski definition) is 1. The number of hydrogen-bond acceptors (Lipinski definition) is 7. The van der Waals surface area contributed by atoms with Crippen molar-refractivity contribution in [3.05, 3.63) is 55.1 Å². The van der Waals surface area contributed by atoms with E-state index in [1.54, 1.807) is 35.5 Å². The molecule has 25 heavy (non-hydrogen) atoms. The predicted molar refractivity (Wildman–Crippen MR) is 89.9 cm³/mol. The van der Waals surface area contributed by atoms with Gasteiger partial charge < -0.3 is 14.8 Å². The molecular formula is C17H12N6O2. The lowest BCUT2D eigenvalue weighted by Gasteiger charge is -2.08. The molecule has 4 heterocycles. The summed E-state index contributed by atoms with van der Waals surface area (Å²) in [6, 6.07) is 9.54. The summed E-state index contributed by atoms with van der Waals surface area (Å²) in [5.74, 6) is 1.98. The molecule has 0 fully saturated rings. The van der Waals surface area contributed by atoms with Crippen molar-refractivity contribution in [2.45, 2.75) is 0 Å². The average molecular weight is 332 g/mol. The number of benzene rings is 1. The highest BCUT2D eigenvalue weighted by Gasteiger charge is 2.17. The quantitative estimate of drug-likeness (QED) is 0.617. The van der Waals surface area contributed by atoms with E-state index in [0.717, 1.165) is 33.8 Å². The number of nitrogens with one attached hydrogen (secondary N) is 1. The highest BCUT2D eigenvalue weighted by atomic mass is 16.7. The van der Waals surface area contributed by atoms with Crippen molar-refractivity contribution in [1.82, 2.24) is 24.8 Å².